The number of aromatic nitrogens is 1. The number of nitrogens with zero attached hydrogens (tertiary/aromatic N) is 2. The van der Waals surface area contributed by atoms with E-state index in [9.17, 15) is 0 Å². The maximum Gasteiger partial charge on any atom is 0.140 e. The predicted molar refractivity (Wildman–Crippen MR) is 77.8 cm³/mol. The van der Waals surface area contributed by atoms with Crippen molar-refractivity contribution in [2.45, 2.75) is 44.7 Å². The van der Waals surface area contributed by atoms with Gasteiger partial charge in [-0.05, 0) is 50.3 Å². The molecule has 3 N–H and O–H groups in total. The topological polar surface area (TPSA) is 54.2 Å². The van der Waals surface area contributed by atoms with E-state index >= 15 is 0 Å². The molecule has 1 saturated carbocycles. The molecule has 0 spiro atoms. The van der Waals surface area contributed by atoms with Crippen LogP contribution in [0.4, 0.5) is 5.82 Å². The van der Waals surface area contributed by atoms with Gasteiger partial charge in [0, 0.05) is 12.6 Å². The summed E-state index contributed by atoms with van der Waals surface area (Å²) in [6, 6.07) is 4.41. The highest BCUT2D eigenvalue weighted by Crippen LogP contribution is 2.37. The predicted octanol–water partition coefficient (Wildman–Crippen LogP) is 2.79. The lowest BCUT2D eigenvalue weighted by molar-refractivity contribution is 0.104. The van der Waals surface area contributed by atoms with Crippen molar-refractivity contribution in [1.82, 2.24) is 9.88 Å². The van der Waals surface area contributed by atoms with Gasteiger partial charge in [0.1, 0.15) is 5.82 Å². The van der Waals surface area contributed by atoms with E-state index in [1.54, 1.807) is 6.07 Å². The third-order valence-corrected chi connectivity index (χ3v) is 4.87. The Labute approximate surface area is 119 Å². The van der Waals surface area contributed by atoms with Crippen molar-refractivity contribution in [3.8, 4) is 0 Å². The highest BCUT2D eigenvalue weighted by molar-refractivity contribution is 6.31. The van der Waals surface area contributed by atoms with Crippen LogP contribution in [-0.2, 0) is 6.54 Å². The molecule has 4 nitrogen and oxygen atoms in total. The second-order valence-electron chi connectivity index (χ2n) is 5.64. The van der Waals surface area contributed by atoms with E-state index in [0.717, 1.165) is 29.2 Å². The molecule has 1 aromatic rings. The summed E-state index contributed by atoms with van der Waals surface area (Å²) in [5.41, 5.74) is 3.52. The Morgan fingerprint density at radius 2 is 2.16 bits per heavy atom. The summed E-state index contributed by atoms with van der Waals surface area (Å²) in [7, 11) is 0. The van der Waals surface area contributed by atoms with Gasteiger partial charge in [-0.15, -0.1) is 0 Å². The summed E-state index contributed by atoms with van der Waals surface area (Å²) < 4.78 is 0. The molecule has 0 amide bonds. The largest absolute Gasteiger partial charge is 0.308 e. The average Bonchev–Trinajstić information content (AvgIpc) is 2.90. The lowest BCUT2D eigenvalue weighted by Gasteiger charge is -2.37. The molecular weight excluding hydrogens is 260 g/mol. The second kappa shape index (κ2) is 5.65. The van der Waals surface area contributed by atoms with Crippen LogP contribution < -0.4 is 11.3 Å². The molecule has 3 rings (SSSR count). The van der Waals surface area contributed by atoms with Crippen LogP contribution >= 0.6 is 11.6 Å². The van der Waals surface area contributed by atoms with Gasteiger partial charge in [0.2, 0.25) is 0 Å². The number of hydrogen-bond acceptors (Lipinski definition) is 4. The van der Waals surface area contributed by atoms with E-state index < -0.39 is 0 Å². The van der Waals surface area contributed by atoms with Gasteiger partial charge >= 0.3 is 0 Å². The first-order valence-corrected chi connectivity index (χ1v) is 7.52. The van der Waals surface area contributed by atoms with Crippen LogP contribution in [0.2, 0.25) is 5.02 Å². The summed E-state index contributed by atoms with van der Waals surface area (Å²) in [6.45, 7) is 2.01. The van der Waals surface area contributed by atoms with Crippen LogP contribution in [0.1, 0.15) is 37.8 Å². The molecule has 19 heavy (non-hydrogen) atoms. The van der Waals surface area contributed by atoms with Gasteiger partial charge in [0.05, 0.1) is 10.7 Å². The van der Waals surface area contributed by atoms with Gasteiger partial charge < -0.3 is 5.43 Å². The van der Waals surface area contributed by atoms with Gasteiger partial charge in [-0.1, -0.05) is 18.0 Å². The molecule has 2 heterocycles. The number of rotatable bonds is 3. The summed E-state index contributed by atoms with van der Waals surface area (Å²) in [5.74, 6) is 6.99. The van der Waals surface area contributed by atoms with Crippen molar-refractivity contribution in [2.75, 3.05) is 12.0 Å². The van der Waals surface area contributed by atoms with E-state index in [1.807, 2.05) is 6.07 Å². The van der Waals surface area contributed by atoms with Crippen LogP contribution in [0.15, 0.2) is 12.1 Å². The molecule has 104 valence electrons. The smallest absolute Gasteiger partial charge is 0.140 e. The van der Waals surface area contributed by atoms with Gasteiger partial charge in [-0.3, -0.25) is 4.90 Å². The molecule has 1 saturated heterocycles. The Balaban J connectivity index is 1.76. The first kappa shape index (κ1) is 13.2. The quantitative estimate of drug-likeness (QED) is 0.660. The van der Waals surface area contributed by atoms with Crippen LogP contribution in [0.3, 0.4) is 0 Å². The van der Waals surface area contributed by atoms with E-state index in [2.05, 4.69) is 15.3 Å². The Hall–Kier alpha value is -0.840. The molecule has 1 aliphatic carbocycles. The highest BCUT2D eigenvalue weighted by Gasteiger charge is 2.35. The number of nitrogen functional groups attached to an aromatic ring is 1. The molecule has 0 bridgehead atoms. The molecule has 0 aromatic carbocycles. The lowest BCUT2D eigenvalue weighted by atomic mass is 9.92. The van der Waals surface area contributed by atoms with Crippen LogP contribution in [0.5, 0.6) is 0 Å². The minimum Gasteiger partial charge on any atom is -0.308 e. The standard InChI is InChI=1S/C14H21ClN4/c15-11-6-7-14(18-16)17-12(11)9-19-8-2-4-10-3-1-5-13(10)19/h6-7,10,13H,1-5,8-9,16H2,(H,17,18). The third kappa shape index (κ3) is 2.71. The fourth-order valence-corrected chi connectivity index (χ4v) is 3.79. The number of halogens is 1. The highest BCUT2D eigenvalue weighted by atomic mass is 35.5. The molecule has 5 heteroatoms. The second-order valence-corrected chi connectivity index (χ2v) is 6.05. The number of hydrogen-bond donors (Lipinski definition) is 2. The summed E-state index contributed by atoms with van der Waals surface area (Å²) in [4.78, 5) is 7.05. The SMILES string of the molecule is NNc1ccc(Cl)c(CN2CCCC3CCCC32)n1. The number of fused-ring (bicyclic) bond motifs is 1. The zero-order valence-corrected chi connectivity index (χ0v) is 11.9. The molecule has 2 aliphatic rings. The van der Waals surface area contributed by atoms with Crippen molar-refractivity contribution in [1.29, 1.82) is 0 Å². The van der Waals surface area contributed by atoms with E-state index in [1.165, 1.54) is 38.6 Å². The van der Waals surface area contributed by atoms with Gasteiger partial charge in [0.15, 0.2) is 0 Å². The number of nitrogens with one attached hydrogen (secondary N) is 1. The van der Waals surface area contributed by atoms with Crippen LogP contribution in [0.25, 0.3) is 0 Å². The fraction of sp³-hybridized carbons (Fsp3) is 0.643. The van der Waals surface area contributed by atoms with Crippen molar-refractivity contribution in [3.05, 3.63) is 22.8 Å². The zero-order valence-electron chi connectivity index (χ0n) is 11.1. The number of pyridine rings is 1. The molecule has 2 unspecified atom stereocenters. The molecule has 1 aliphatic heterocycles. The molecule has 2 fully saturated rings. The lowest BCUT2D eigenvalue weighted by Crippen LogP contribution is -2.42. The number of piperidine rings is 1. The first-order valence-electron chi connectivity index (χ1n) is 7.14. The third-order valence-electron chi connectivity index (χ3n) is 4.53. The van der Waals surface area contributed by atoms with E-state index in [-0.39, 0.29) is 0 Å². The number of likely N-dealkylation sites (tertiary alicyclic amines) is 1. The number of nitrogens with two attached hydrogens (primary N) is 1. The maximum absolute atomic E-state index is 6.26. The Kier molecular flexibility index (Phi) is 3.91. The first-order chi connectivity index (χ1) is 9.28. The Morgan fingerprint density at radius 3 is 3.00 bits per heavy atom. The van der Waals surface area contributed by atoms with E-state index in [4.69, 9.17) is 17.4 Å². The molecule has 0 radical (unpaired) electrons. The minimum atomic E-state index is 0.680. The van der Waals surface area contributed by atoms with E-state index in [0.29, 0.717) is 5.82 Å². The van der Waals surface area contributed by atoms with Crippen LogP contribution in [0, 0.1) is 5.92 Å². The summed E-state index contributed by atoms with van der Waals surface area (Å²) >= 11 is 6.26. The van der Waals surface area contributed by atoms with Crippen molar-refractivity contribution in [3.63, 3.8) is 0 Å². The Bertz CT molecular complexity index is 451. The van der Waals surface area contributed by atoms with Crippen LogP contribution in [-0.4, -0.2) is 22.5 Å². The normalized spacial score (nSPS) is 27.3. The maximum atomic E-state index is 6.26. The monoisotopic (exact) mass is 280 g/mol. The molecular formula is C14H21ClN4. The fourth-order valence-electron chi connectivity index (χ4n) is 3.62. The zero-order chi connectivity index (χ0) is 13.2. The average molecular weight is 281 g/mol. The van der Waals surface area contributed by atoms with Gasteiger partial charge in [-0.2, -0.15) is 0 Å². The Morgan fingerprint density at radius 1 is 1.32 bits per heavy atom. The van der Waals surface area contributed by atoms with Crippen molar-refractivity contribution in [2.24, 2.45) is 11.8 Å². The van der Waals surface area contributed by atoms with Gasteiger partial charge in [-0.25, -0.2) is 10.8 Å². The molecule has 1 aromatic heterocycles. The van der Waals surface area contributed by atoms with Crippen molar-refractivity contribution >= 4 is 17.4 Å². The summed E-state index contributed by atoms with van der Waals surface area (Å²) in [5, 5.41) is 0.735. The number of hydrazine groups is 1. The van der Waals surface area contributed by atoms with Crippen molar-refractivity contribution < 1.29 is 0 Å². The summed E-state index contributed by atoms with van der Waals surface area (Å²) in [6.07, 6.45) is 6.79. The number of anilines is 1. The van der Waals surface area contributed by atoms with Gasteiger partial charge in [0.25, 0.3) is 0 Å². The minimum absolute atomic E-state index is 0.680. The molecule has 2 atom stereocenters.